The van der Waals surface area contributed by atoms with E-state index in [1.165, 1.54) is 19.2 Å². The molecule has 164 valence electrons. The summed E-state index contributed by atoms with van der Waals surface area (Å²) in [5, 5.41) is 2.93. The van der Waals surface area contributed by atoms with Crippen molar-refractivity contribution >= 4 is 11.8 Å². The molecule has 0 radical (unpaired) electrons. The zero-order chi connectivity index (χ0) is 22.5. The van der Waals surface area contributed by atoms with E-state index in [1.54, 1.807) is 35.2 Å². The topological polar surface area (TPSA) is 58.6 Å². The highest BCUT2D eigenvalue weighted by molar-refractivity contribution is 5.97. The van der Waals surface area contributed by atoms with Gasteiger partial charge in [-0.1, -0.05) is 48.5 Å². The summed E-state index contributed by atoms with van der Waals surface area (Å²) < 4.78 is 18.6. The summed E-state index contributed by atoms with van der Waals surface area (Å²) in [4.78, 5) is 27.6. The predicted molar refractivity (Wildman–Crippen MR) is 121 cm³/mol. The molecule has 0 unspecified atom stereocenters. The van der Waals surface area contributed by atoms with Gasteiger partial charge >= 0.3 is 0 Å². The minimum atomic E-state index is -0.375. The molecule has 4 rings (SSSR count). The van der Waals surface area contributed by atoms with E-state index in [2.05, 4.69) is 5.32 Å². The minimum absolute atomic E-state index is 0.0625. The number of benzene rings is 3. The van der Waals surface area contributed by atoms with Crippen LogP contribution >= 0.6 is 0 Å². The van der Waals surface area contributed by atoms with Crippen LogP contribution < -0.4 is 10.1 Å². The smallest absolute Gasteiger partial charge is 0.257 e. The van der Waals surface area contributed by atoms with Crippen molar-refractivity contribution < 1.29 is 18.7 Å². The summed E-state index contributed by atoms with van der Waals surface area (Å²) >= 11 is 0. The van der Waals surface area contributed by atoms with Crippen molar-refractivity contribution in [1.29, 1.82) is 0 Å². The number of halogens is 1. The lowest BCUT2D eigenvalue weighted by atomic mass is 9.95. The monoisotopic (exact) mass is 432 g/mol. The highest BCUT2D eigenvalue weighted by Gasteiger charge is 2.29. The third-order valence-corrected chi connectivity index (χ3v) is 5.70. The number of ether oxygens (including phenoxy) is 1. The van der Waals surface area contributed by atoms with E-state index in [4.69, 9.17) is 4.74 Å². The van der Waals surface area contributed by atoms with Gasteiger partial charge in [0, 0.05) is 19.6 Å². The van der Waals surface area contributed by atoms with Gasteiger partial charge in [0.05, 0.1) is 18.6 Å². The van der Waals surface area contributed by atoms with Crippen LogP contribution in [0.3, 0.4) is 0 Å². The van der Waals surface area contributed by atoms with Crippen molar-refractivity contribution in [3.8, 4) is 16.9 Å². The number of hydrogen-bond donors (Lipinski definition) is 1. The molecule has 1 aliphatic rings. The summed E-state index contributed by atoms with van der Waals surface area (Å²) in [5.41, 5.74) is 3.34. The molecule has 1 saturated heterocycles. The van der Waals surface area contributed by atoms with Crippen molar-refractivity contribution in [3.63, 3.8) is 0 Å². The molecule has 1 heterocycles. The molecule has 3 aromatic carbocycles. The lowest BCUT2D eigenvalue weighted by Gasteiger charge is -2.24. The Morgan fingerprint density at radius 1 is 1.06 bits per heavy atom. The molecule has 0 saturated carbocycles. The summed E-state index contributed by atoms with van der Waals surface area (Å²) in [6.45, 7) is 1.17. The predicted octanol–water partition coefficient (Wildman–Crippen LogP) is 3.93. The van der Waals surface area contributed by atoms with Gasteiger partial charge < -0.3 is 15.0 Å². The Kier molecular flexibility index (Phi) is 6.50. The average molecular weight is 432 g/mol. The Morgan fingerprint density at radius 3 is 2.62 bits per heavy atom. The fourth-order valence-electron chi connectivity index (χ4n) is 4.04. The number of amides is 2. The molecule has 0 aliphatic carbocycles. The molecule has 3 aromatic rings. The Morgan fingerprint density at radius 2 is 1.84 bits per heavy atom. The van der Waals surface area contributed by atoms with E-state index >= 15 is 0 Å². The Hall–Kier alpha value is -3.67. The normalized spacial score (nSPS) is 16.2. The maximum Gasteiger partial charge on any atom is 0.257 e. The van der Waals surface area contributed by atoms with E-state index < -0.39 is 0 Å². The Balaban J connectivity index is 1.54. The van der Waals surface area contributed by atoms with Gasteiger partial charge in [0.1, 0.15) is 11.6 Å². The van der Waals surface area contributed by atoms with Crippen LogP contribution in [-0.2, 0) is 11.2 Å². The van der Waals surface area contributed by atoms with E-state index in [-0.39, 0.29) is 23.5 Å². The maximum absolute atomic E-state index is 13.3. The zero-order valence-electron chi connectivity index (χ0n) is 17.9. The first-order valence-corrected chi connectivity index (χ1v) is 10.6. The lowest BCUT2D eigenvalue weighted by Crippen LogP contribution is -2.37. The molecule has 1 fully saturated rings. The molecular weight excluding hydrogens is 407 g/mol. The van der Waals surface area contributed by atoms with Gasteiger partial charge in [0.25, 0.3) is 5.91 Å². The molecule has 1 N–H and O–H groups in total. The quantitative estimate of drug-likeness (QED) is 0.665. The number of carbonyl (C=O) groups is 2. The van der Waals surface area contributed by atoms with Gasteiger partial charge in [-0.05, 0) is 47.4 Å². The molecule has 32 heavy (non-hydrogen) atoms. The van der Waals surface area contributed by atoms with Crippen LogP contribution in [0.4, 0.5) is 4.39 Å². The van der Waals surface area contributed by atoms with Gasteiger partial charge in [0.15, 0.2) is 0 Å². The van der Waals surface area contributed by atoms with Crippen LogP contribution in [0.5, 0.6) is 5.75 Å². The van der Waals surface area contributed by atoms with E-state index in [0.29, 0.717) is 37.4 Å². The van der Waals surface area contributed by atoms with Gasteiger partial charge in [-0.15, -0.1) is 0 Å². The highest BCUT2D eigenvalue weighted by atomic mass is 19.1. The van der Waals surface area contributed by atoms with Gasteiger partial charge in [-0.3, -0.25) is 9.59 Å². The molecule has 6 heteroatoms. The average Bonchev–Trinajstić information content (AvgIpc) is 3.00. The van der Waals surface area contributed by atoms with Crippen LogP contribution in [0.15, 0.2) is 72.8 Å². The van der Waals surface area contributed by atoms with Crippen LogP contribution in [0.2, 0.25) is 0 Å². The summed E-state index contributed by atoms with van der Waals surface area (Å²) in [6.07, 6.45) is 0.497. The number of rotatable bonds is 5. The molecule has 0 aromatic heterocycles. The zero-order valence-corrected chi connectivity index (χ0v) is 17.9. The number of carbonyl (C=O) groups excluding carboxylic acids is 2. The van der Waals surface area contributed by atoms with Crippen LogP contribution in [-0.4, -0.2) is 43.5 Å². The summed E-state index contributed by atoms with van der Waals surface area (Å²) in [5.74, 6) is -0.347. The standard InChI is InChI=1S/C26H25FN2O3/c1-32-24-8-3-2-7-23(24)26(31)29-14-13-28-25(30)21(17-29)16-18-5-4-6-20(15-18)19-9-11-22(27)12-10-19/h2-12,15,21H,13-14,16-17H2,1H3,(H,28,30)/t21-/m1/s1. The van der Waals surface area contributed by atoms with Crippen LogP contribution in [0.1, 0.15) is 15.9 Å². The summed E-state index contributed by atoms with van der Waals surface area (Å²) in [7, 11) is 1.54. The van der Waals surface area contributed by atoms with Gasteiger partial charge in [-0.2, -0.15) is 0 Å². The van der Waals surface area contributed by atoms with E-state index in [9.17, 15) is 14.0 Å². The van der Waals surface area contributed by atoms with Gasteiger partial charge in [0.2, 0.25) is 5.91 Å². The SMILES string of the molecule is COc1ccccc1C(=O)N1CCNC(=O)[C@H](Cc2cccc(-c3ccc(F)cc3)c2)C1. The second-order valence-corrected chi connectivity index (χ2v) is 7.85. The maximum atomic E-state index is 13.3. The minimum Gasteiger partial charge on any atom is -0.496 e. The van der Waals surface area contributed by atoms with E-state index in [0.717, 1.165) is 16.7 Å². The number of nitrogens with zero attached hydrogens (tertiary/aromatic N) is 1. The molecule has 2 amide bonds. The third kappa shape index (κ3) is 4.80. The molecule has 0 spiro atoms. The number of para-hydroxylation sites is 1. The first-order chi connectivity index (χ1) is 15.5. The summed E-state index contributed by atoms with van der Waals surface area (Å²) in [6, 6.07) is 21.3. The second-order valence-electron chi connectivity index (χ2n) is 7.85. The van der Waals surface area contributed by atoms with Crippen LogP contribution in [0.25, 0.3) is 11.1 Å². The Labute approximate surface area is 186 Å². The van der Waals surface area contributed by atoms with Crippen molar-refractivity contribution in [3.05, 3.63) is 89.7 Å². The van der Waals surface area contributed by atoms with Crippen molar-refractivity contribution in [2.45, 2.75) is 6.42 Å². The van der Waals surface area contributed by atoms with Crippen molar-refractivity contribution in [2.24, 2.45) is 5.92 Å². The molecule has 0 bridgehead atoms. The fraction of sp³-hybridized carbons (Fsp3) is 0.231. The lowest BCUT2D eigenvalue weighted by molar-refractivity contribution is -0.124. The molecular formula is C26H25FN2O3. The van der Waals surface area contributed by atoms with Gasteiger partial charge in [-0.25, -0.2) is 4.39 Å². The van der Waals surface area contributed by atoms with Crippen molar-refractivity contribution in [2.75, 3.05) is 26.7 Å². The number of methoxy groups -OCH3 is 1. The molecule has 1 atom stereocenters. The van der Waals surface area contributed by atoms with Crippen LogP contribution in [0, 0.1) is 11.7 Å². The second kappa shape index (κ2) is 9.64. The highest BCUT2D eigenvalue weighted by Crippen LogP contribution is 2.24. The molecule has 5 nitrogen and oxygen atoms in total. The third-order valence-electron chi connectivity index (χ3n) is 5.70. The van der Waals surface area contributed by atoms with Crippen molar-refractivity contribution in [1.82, 2.24) is 10.2 Å². The first-order valence-electron chi connectivity index (χ1n) is 10.6. The van der Waals surface area contributed by atoms with E-state index in [1.807, 2.05) is 30.3 Å². The largest absolute Gasteiger partial charge is 0.496 e. The number of hydrogen-bond acceptors (Lipinski definition) is 3. The fourth-order valence-corrected chi connectivity index (χ4v) is 4.04. The molecule has 1 aliphatic heterocycles. The first kappa shape index (κ1) is 21.6. The Bertz CT molecular complexity index is 1110. The number of nitrogens with one attached hydrogen (secondary N) is 1.